The second-order valence-corrected chi connectivity index (χ2v) is 6.23. The average molecular weight is 279 g/mol. The molecule has 0 aliphatic heterocycles. The zero-order chi connectivity index (χ0) is 15.2. The molecule has 0 spiro atoms. The summed E-state index contributed by atoms with van der Waals surface area (Å²) in [5.74, 6) is 1.10. The van der Waals surface area contributed by atoms with Crippen LogP contribution in [0.4, 0.5) is 0 Å². The molecule has 0 atom stereocenters. The molecule has 0 aliphatic carbocycles. The first kappa shape index (κ1) is 16.5. The van der Waals surface area contributed by atoms with E-state index in [9.17, 15) is 4.79 Å². The Morgan fingerprint density at radius 3 is 2.40 bits per heavy atom. The summed E-state index contributed by atoms with van der Waals surface area (Å²) in [6.07, 6.45) is 0. The van der Waals surface area contributed by atoms with Gasteiger partial charge in [-0.25, -0.2) is 0 Å². The van der Waals surface area contributed by atoms with Crippen molar-refractivity contribution in [2.75, 3.05) is 19.8 Å². The highest BCUT2D eigenvalue weighted by molar-refractivity contribution is 5.94. The van der Waals surface area contributed by atoms with Crippen LogP contribution in [-0.4, -0.2) is 30.8 Å². The molecule has 0 bridgehead atoms. The number of hydrogen-bond acceptors (Lipinski definition) is 3. The molecule has 2 N–H and O–H groups in total. The van der Waals surface area contributed by atoms with Crippen LogP contribution in [0.25, 0.3) is 0 Å². The average Bonchev–Trinajstić information content (AvgIpc) is 2.43. The predicted molar refractivity (Wildman–Crippen MR) is 80.0 cm³/mol. The molecule has 4 nitrogen and oxygen atoms in total. The summed E-state index contributed by atoms with van der Waals surface area (Å²) in [6, 6.07) is 7.09. The van der Waals surface area contributed by atoms with Crippen molar-refractivity contribution >= 4 is 5.91 Å². The number of carbonyl (C=O) groups is 1. The first-order valence-corrected chi connectivity index (χ1v) is 6.96. The number of nitrogens with one attached hydrogen (secondary N) is 1. The molecule has 0 unspecified atom stereocenters. The molecule has 1 aromatic carbocycles. The quantitative estimate of drug-likeness (QED) is 0.806. The molecule has 0 heterocycles. The smallest absolute Gasteiger partial charge is 0.251 e. The van der Waals surface area contributed by atoms with Gasteiger partial charge in [0.15, 0.2) is 0 Å². The number of ether oxygens (including phenoxy) is 1. The minimum absolute atomic E-state index is 0.0370. The van der Waals surface area contributed by atoms with E-state index in [0.717, 1.165) is 5.75 Å². The maximum Gasteiger partial charge on any atom is 0.251 e. The van der Waals surface area contributed by atoms with Gasteiger partial charge < -0.3 is 15.2 Å². The van der Waals surface area contributed by atoms with E-state index in [1.165, 1.54) is 0 Å². The second kappa shape index (κ2) is 7.29. The van der Waals surface area contributed by atoms with Crippen molar-refractivity contribution in [2.24, 2.45) is 11.3 Å². The molecule has 112 valence electrons. The molecule has 0 fully saturated rings. The van der Waals surface area contributed by atoms with Gasteiger partial charge in [-0.2, -0.15) is 0 Å². The standard InChI is InChI=1S/C16H25NO3/c1-12(2)9-20-14-7-5-13(6-8-14)15(19)17-10-16(3,4)11-18/h5-8,12,18H,9-11H2,1-4H3,(H,17,19). The lowest BCUT2D eigenvalue weighted by Gasteiger charge is -2.21. The first-order valence-electron chi connectivity index (χ1n) is 6.96. The van der Waals surface area contributed by atoms with Crippen LogP contribution in [0.3, 0.4) is 0 Å². The van der Waals surface area contributed by atoms with E-state index in [4.69, 9.17) is 9.84 Å². The summed E-state index contributed by atoms with van der Waals surface area (Å²) in [5.41, 5.74) is 0.284. The van der Waals surface area contributed by atoms with Crippen molar-refractivity contribution in [3.63, 3.8) is 0 Å². The normalized spacial score (nSPS) is 11.5. The Bertz CT molecular complexity index is 424. The zero-order valence-corrected chi connectivity index (χ0v) is 12.8. The van der Waals surface area contributed by atoms with E-state index in [1.54, 1.807) is 24.3 Å². The lowest BCUT2D eigenvalue weighted by Crippen LogP contribution is -2.36. The van der Waals surface area contributed by atoms with Gasteiger partial charge in [0, 0.05) is 24.1 Å². The van der Waals surface area contributed by atoms with Gasteiger partial charge in [0.2, 0.25) is 0 Å². The summed E-state index contributed by atoms with van der Waals surface area (Å²) in [6.45, 7) is 9.11. The molecule has 0 aliphatic rings. The van der Waals surface area contributed by atoms with E-state index in [-0.39, 0.29) is 17.9 Å². The Balaban J connectivity index is 2.53. The SMILES string of the molecule is CC(C)COc1ccc(C(=O)NCC(C)(C)CO)cc1. The van der Waals surface area contributed by atoms with Crippen molar-refractivity contribution in [2.45, 2.75) is 27.7 Å². The number of benzene rings is 1. The third kappa shape index (κ3) is 5.61. The maximum absolute atomic E-state index is 12.0. The van der Waals surface area contributed by atoms with Crippen LogP contribution < -0.4 is 10.1 Å². The third-order valence-electron chi connectivity index (χ3n) is 2.86. The first-order chi connectivity index (χ1) is 9.34. The van der Waals surface area contributed by atoms with Gasteiger partial charge in [-0.1, -0.05) is 27.7 Å². The van der Waals surface area contributed by atoms with Crippen molar-refractivity contribution in [1.29, 1.82) is 0 Å². The van der Waals surface area contributed by atoms with E-state index < -0.39 is 0 Å². The van der Waals surface area contributed by atoms with E-state index in [1.807, 2.05) is 13.8 Å². The highest BCUT2D eigenvalue weighted by Gasteiger charge is 2.17. The molecule has 20 heavy (non-hydrogen) atoms. The predicted octanol–water partition coefficient (Wildman–Crippen LogP) is 2.47. The molecular formula is C16H25NO3. The van der Waals surface area contributed by atoms with Crippen LogP contribution in [-0.2, 0) is 0 Å². The van der Waals surface area contributed by atoms with Crippen LogP contribution >= 0.6 is 0 Å². The Morgan fingerprint density at radius 1 is 1.30 bits per heavy atom. The van der Waals surface area contributed by atoms with Gasteiger partial charge in [0.25, 0.3) is 5.91 Å². The van der Waals surface area contributed by atoms with Gasteiger partial charge in [0.05, 0.1) is 6.61 Å². The molecule has 4 heteroatoms. The highest BCUT2D eigenvalue weighted by Crippen LogP contribution is 2.14. The van der Waals surface area contributed by atoms with Crippen molar-refractivity contribution in [1.82, 2.24) is 5.32 Å². The van der Waals surface area contributed by atoms with Crippen LogP contribution in [0.1, 0.15) is 38.1 Å². The summed E-state index contributed by atoms with van der Waals surface area (Å²) in [5, 5.41) is 12.0. The Hall–Kier alpha value is -1.55. The van der Waals surface area contributed by atoms with Crippen molar-refractivity contribution in [3.8, 4) is 5.75 Å². The number of carbonyl (C=O) groups excluding carboxylic acids is 1. The topological polar surface area (TPSA) is 58.6 Å². The molecule has 1 aromatic rings. The van der Waals surface area contributed by atoms with Crippen LogP contribution in [0, 0.1) is 11.3 Å². The second-order valence-electron chi connectivity index (χ2n) is 6.23. The zero-order valence-electron chi connectivity index (χ0n) is 12.8. The Labute approximate surface area is 121 Å². The van der Waals surface area contributed by atoms with E-state index in [0.29, 0.717) is 24.6 Å². The molecule has 0 saturated carbocycles. The number of aliphatic hydroxyl groups excluding tert-OH is 1. The fourth-order valence-electron chi connectivity index (χ4n) is 1.44. The van der Waals surface area contributed by atoms with Crippen molar-refractivity contribution < 1.29 is 14.6 Å². The number of aliphatic hydroxyl groups is 1. The Kier molecular flexibility index (Phi) is 6.02. The van der Waals surface area contributed by atoms with Crippen molar-refractivity contribution in [3.05, 3.63) is 29.8 Å². The highest BCUT2D eigenvalue weighted by atomic mass is 16.5. The minimum atomic E-state index is -0.310. The Morgan fingerprint density at radius 2 is 1.90 bits per heavy atom. The van der Waals surface area contributed by atoms with E-state index >= 15 is 0 Å². The van der Waals surface area contributed by atoms with Gasteiger partial charge in [-0.05, 0) is 30.2 Å². The summed E-state index contributed by atoms with van der Waals surface area (Å²) in [4.78, 5) is 12.0. The van der Waals surface area contributed by atoms with Crippen LogP contribution in [0.5, 0.6) is 5.75 Å². The van der Waals surface area contributed by atoms with Gasteiger partial charge in [-0.3, -0.25) is 4.79 Å². The maximum atomic E-state index is 12.0. The third-order valence-corrected chi connectivity index (χ3v) is 2.86. The number of rotatable bonds is 7. The van der Waals surface area contributed by atoms with Gasteiger partial charge in [0.1, 0.15) is 5.75 Å². The lowest BCUT2D eigenvalue weighted by molar-refractivity contribution is 0.0911. The van der Waals surface area contributed by atoms with E-state index in [2.05, 4.69) is 19.2 Å². The fourth-order valence-corrected chi connectivity index (χ4v) is 1.44. The molecule has 0 aromatic heterocycles. The van der Waals surface area contributed by atoms with Gasteiger partial charge in [-0.15, -0.1) is 0 Å². The molecule has 1 rings (SSSR count). The monoisotopic (exact) mass is 279 g/mol. The summed E-state index contributed by atoms with van der Waals surface area (Å²) < 4.78 is 5.57. The van der Waals surface area contributed by atoms with Crippen LogP contribution in [0.15, 0.2) is 24.3 Å². The fraction of sp³-hybridized carbons (Fsp3) is 0.562. The molecular weight excluding hydrogens is 254 g/mol. The summed E-state index contributed by atoms with van der Waals surface area (Å²) >= 11 is 0. The molecule has 0 saturated heterocycles. The summed E-state index contributed by atoms with van der Waals surface area (Å²) in [7, 11) is 0. The number of hydrogen-bond donors (Lipinski definition) is 2. The number of amides is 1. The van der Waals surface area contributed by atoms with Crippen LogP contribution in [0.2, 0.25) is 0 Å². The molecule has 0 radical (unpaired) electrons. The molecule has 1 amide bonds. The largest absolute Gasteiger partial charge is 0.493 e. The van der Waals surface area contributed by atoms with Gasteiger partial charge >= 0.3 is 0 Å². The minimum Gasteiger partial charge on any atom is -0.493 e. The lowest BCUT2D eigenvalue weighted by atomic mass is 9.95.